The van der Waals surface area contributed by atoms with Gasteiger partial charge in [0, 0.05) is 138 Å². The minimum absolute atomic E-state index is 0. The van der Waals surface area contributed by atoms with Crippen LogP contribution in [0.5, 0.6) is 0 Å². The van der Waals surface area contributed by atoms with Gasteiger partial charge >= 0.3 is 0 Å². The molecule has 6 aromatic carbocycles. The van der Waals surface area contributed by atoms with E-state index in [0.717, 1.165) is 83.7 Å². The summed E-state index contributed by atoms with van der Waals surface area (Å²) in [4.78, 5) is 38.0. The second-order valence-corrected chi connectivity index (χ2v) is 18.5. The molecule has 412 valence electrons. The molecular weight excluding hydrogens is 1080 g/mol. The normalized spacial score (nSPS) is 10.1. The average molecular weight is 1140 g/mol. The molecule has 0 unspecified atom stereocenters. The van der Waals surface area contributed by atoms with Gasteiger partial charge in [-0.05, 0) is 133 Å². The van der Waals surface area contributed by atoms with Crippen LogP contribution >= 0.6 is 11.6 Å². The topological polar surface area (TPSA) is 210 Å². The highest BCUT2D eigenvalue weighted by atomic mass is 35.5. The number of nitrogens with one attached hydrogen (secondary N) is 5. The Balaban J connectivity index is 0.000000234. The van der Waals surface area contributed by atoms with Crippen LogP contribution in [0.3, 0.4) is 0 Å². The molecule has 0 aliphatic carbocycles. The van der Waals surface area contributed by atoms with Gasteiger partial charge in [-0.1, -0.05) is 28.8 Å². The van der Waals surface area contributed by atoms with Crippen LogP contribution in [0.2, 0.25) is 5.02 Å². The third-order valence-corrected chi connectivity index (χ3v) is 12.1. The van der Waals surface area contributed by atoms with E-state index in [1.807, 2.05) is 215 Å². The van der Waals surface area contributed by atoms with Crippen molar-refractivity contribution in [2.45, 2.75) is 0 Å². The van der Waals surface area contributed by atoms with Crippen molar-refractivity contribution in [3.8, 4) is 0 Å². The Bertz CT molecular complexity index is 3600. The summed E-state index contributed by atoms with van der Waals surface area (Å²) in [7, 11) is 12.0. The number of halogens is 3. The third-order valence-electron chi connectivity index (χ3n) is 11.8. The number of carbonyl (C=O) groups excluding carboxylic acids is 2. The average Bonchev–Trinajstić information content (AvgIpc) is 3.43. The smallest absolute Gasteiger partial charge is 0.255 e. The van der Waals surface area contributed by atoms with Gasteiger partial charge in [-0.3, -0.25) is 19.6 Å². The van der Waals surface area contributed by atoms with Crippen molar-refractivity contribution in [1.29, 1.82) is 0 Å². The summed E-state index contributed by atoms with van der Waals surface area (Å²) in [5.41, 5.74) is 18.6. The number of nitrogens with zero attached hydrogens (tertiary/aromatic N) is 6. The zero-order valence-electron chi connectivity index (χ0n) is 44.6. The number of aromatic nitrogens is 4. The van der Waals surface area contributed by atoms with Gasteiger partial charge in [0.2, 0.25) is 0 Å². The molecular formula is C60H61Cl3N12O5. The molecule has 0 spiro atoms. The lowest BCUT2D eigenvalue weighted by molar-refractivity contribution is -0.671. The van der Waals surface area contributed by atoms with Crippen LogP contribution in [0.25, 0.3) is 21.8 Å². The van der Waals surface area contributed by atoms with Crippen LogP contribution in [0.15, 0.2) is 207 Å². The third kappa shape index (κ3) is 18.0. The van der Waals surface area contributed by atoms with Crippen LogP contribution in [-0.4, -0.2) is 60.5 Å². The fourth-order valence-corrected chi connectivity index (χ4v) is 7.86. The highest BCUT2D eigenvalue weighted by Crippen LogP contribution is 2.30. The Morgan fingerprint density at radius 2 is 0.900 bits per heavy atom. The number of rotatable bonds is 12. The number of hydrogen-bond donors (Lipinski definition) is 8. The van der Waals surface area contributed by atoms with E-state index in [9.17, 15) is 9.59 Å². The van der Waals surface area contributed by atoms with Crippen molar-refractivity contribution in [1.82, 2.24) is 9.97 Å². The lowest BCUT2D eigenvalue weighted by atomic mass is 10.1. The first-order valence-electron chi connectivity index (χ1n) is 24.4. The van der Waals surface area contributed by atoms with Gasteiger partial charge in [0.1, 0.15) is 14.1 Å². The SMILES string of the molecule is CN(C)c1ccc2nccc(Cl)c2c1.CN(C)c1ccc2nccc(Nc3ccc(C(=O)Nc4cccc(Nc5cc[n+](C)cc5)c4)cc3)c2c1.C[n+]1ccc(Nc2cccc(NC(=O)c3ccc(N)cc3)c2)cc1.OOO.[Cl-].[Cl-]. The quantitative estimate of drug-likeness (QED) is 0.0312. The molecule has 17 nitrogen and oxygen atoms in total. The number of pyridine rings is 4. The van der Waals surface area contributed by atoms with Crippen LogP contribution in [0.4, 0.5) is 62.6 Å². The van der Waals surface area contributed by atoms with Crippen molar-refractivity contribution in [3.05, 3.63) is 223 Å². The molecule has 10 rings (SSSR count). The molecule has 20 heteroatoms. The van der Waals surface area contributed by atoms with Gasteiger partial charge in [-0.15, -0.1) is 0 Å². The first kappa shape index (κ1) is 61.8. The molecule has 10 aromatic rings. The van der Waals surface area contributed by atoms with E-state index in [4.69, 9.17) is 27.8 Å². The lowest BCUT2D eigenvalue weighted by Crippen LogP contribution is -3.00. The van der Waals surface area contributed by atoms with Crippen molar-refractivity contribution in [2.75, 3.05) is 70.3 Å². The highest BCUT2D eigenvalue weighted by Gasteiger charge is 2.11. The number of nitrogen functional groups attached to an aromatic ring is 1. The predicted octanol–water partition coefficient (Wildman–Crippen LogP) is 5.87. The number of aryl methyl sites for hydroxylation is 2. The zero-order valence-corrected chi connectivity index (χ0v) is 46.9. The number of carbonyl (C=O) groups is 2. The predicted molar refractivity (Wildman–Crippen MR) is 315 cm³/mol. The monoisotopic (exact) mass is 1130 g/mol. The van der Waals surface area contributed by atoms with E-state index < -0.39 is 0 Å². The summed E-state index contributed by atoms with van der Waals surface area (Å²) in [5.74, 6) is -0.334. The summed E-state index contributed by atoms with van der Waals surface area (Å²) >= 11 is 6.08. The summed E-state index contributed by atoms with van der Waals surface area (Å²) in [6.45, 7) is 0. The van der Waals surface area contributed by atoms with E-state index >= 15 is 0 Å². The summed E-state index contributed by atoms with van der Waals surface area (Å²) < 4.78 is 3.94. The number of anilines is 11. The Morgan fingerprint density at radius 3 is 1.36 bits per heavy atom. The summed E-state index contributed by atoms with van der Waals surface area (Å²) in [6, 6.07) is 53.5. The fraction of sp³-hybridized carbons (Fsp3) is 0.100. The second kappa shape index (κ2) is 30.2. The Hall–Kier alpha value is -9.07. The molecule has 0 bridgehead atoms. The molecule has 0 saturated heterocycles. The molecule has 80 heavy (non-hydrogen) atoms. The Morgan fingerprint density at radius 1 is 0.500 bits per heavy atom. The first-order valence-corrected chi connectivity index (χ1v) is 24.7. The van der Waals surface area contributed by atoms with Gasteiger partial charge in [-0.2, -0.15) is 0 Å². The molecule has 2 amide bonds. The van der Waals surface area contributed by atoms with Crippen LogP contribution < -0.4 is 76.1 Å². The molecule has 9 N–H and O–H groups in total. The number of fused-ring (bicyclic) bond motifs is 2. The van der Waals surface area contributed by atoms with E-state index in [1.54, 1.807) is 36.7 Å². The minimum atomic E-state index is -0.168. The maximum atomic E-state index is 12.9. The first-order chi connectivity index (χ1) is 37.6. The van der Waals surface area contributed by atoms with E-state index in [1.165, 1.54) is 0 Å². The Kier molecular flexibility index (Phi) is 23.3. The zero-order chi connectivity index (χ0) is 55.6. The van der Waals surface area contributed by atoms with Crippen molar-refractivity contribution < 1.29 is 59.1 Å². The largest absolute Gasteiger partial charge is 1.00 e. The molecule has 0 saturated carbocycles. The number of nitrogens with two attached hydrogens (primary N) is 1. The molecule has 0 fully saturated rings. The summed E-state index contributed by atoms with van der Waals surface area (Å²) in [6.07, 6.45) is 11.4. The maximum Gasteiger partial charge on any atom is 0.255 e. The minimum Gasteiger partial charge on any atom is -1.00 e. The van der Waals surface area contributed by atoms with Gasteiger partial charge in [0.15, 0.2) is 24.8 Å². The summed E-state index contributed by atoms with van der Waals surface area (Å²) in [5, 5.41) is 34.3. The van der Waals surface area contributed by atoms with Crippen LogP contribution in [0.1, 0.15) is 20.7 Å². The van der Waals surface area contributed by atoms with Crippen molar-refractivity contribution >= 4 is 108 Å². The fourth-order valence-electron chi connectivity index (χ4n) is 7.65. The molecule has 0 aliphatic rings. The maximum absolute atomic E-state index is 12.9. The van der Waals surface area contributed by atoms with Gasteiger partial charge in [0.05, 0.1) is 27.4 Å². The number of hydrogen-bond acceptors (Lipinski definition) is 13. The highest BCUT2D eigenvalue weighted by molar-refractivity contribution is 6.35. The molecule has 0 atom stereocenters. The Labute approximate surface area is 482 Å². The van der Waals surface area contributed by atoms with E-state index in [0.29, 0.717) is 16.8 Å². The van der Waals surface area contributed by atoms with E-state index in [2.05, 4.69) is 58.6 Å². The van der Waals surface area contributed by atoms with Gasteiger partial charge < -0.3 is 66.9 Å². The number of amides is 2. The van der Waals surface area contributed by atoms with Crippen molar-refractivity contribution in [3.63, 3.8) is 0 Å². The molecule has 0 radical (unpaired) electrons. The standard InChI is InChI=1S/C30H28N6O.C19H18N4O.C11H11ClN2.2ClH.H2O3/c1-35(2)26-11-12-28-27(20-26)29(13-16-31-28)33-22-9-7-21(8-10-22)30(37)34-25-6-4-5-24(19-25)32-23-14-17-36(3)18-15-23;1-23-11-9-16(10-12-23)21-17-3-2-4-18(13-17)22-19(24)14-5-7-15(20)8-6-14;1-14(2)8-3-4-11-9(7-8)10(12)5-6-13-11;;;1-3-2/h4-20H,1-3H3,(H2,31,33,34,37);2-13H,1H3,(H3,20,22,24);3-7H,1-2H3;2*1H;1-2H. The lowest BCUT2D eigenvalue weighted by Gasteiger charge is -2.15. The van der Waals surface area contributed by atoms with Crippen LogP contribution in [-0.2, 0) is 19.1 Å². The van der Waals surface area contributed by atoms with Gasteiger partial charge in [-0.25, -0.2) is 19.6 Å². The van der Waals surface area contributed by atoms with Gasteiger partial charge in [0.25, 0.3) is 11.8 Å². The van der Waals surface area contributed by atoms with Crippen molar-refractivity contribution in [2.24, 2.45) is 14.1 Å². The number of benzene rings is 6. The molecule has 4 aromatic heterocycles. The molecule has 4 heterocycles. The van der Waals surface area contributed by atoms with Crippen LogP contribution in [0, 0.1) is 0 Å². The second-order valence-electron chi connectivity index (χ2n) is 18.1. The molecule has 0 aliphatic heterocycles. The van der Waals surface area contributed by atoms with E-state index in [-0.39, 0.29) is 36.6 Å².